The molecule has 0 bridgehead atoms. The molecule has 0 aromatic heterocycles. The normalized spacial score (nSPS) is 17.4. The maximum Gasteiger partial charge on any atom is 0.126 e. The fourth-order valence-electron chi connectivity index (χ4n) is 2.02. The third kappa shape index (κ3) is 2.62. The van der Waals surface area contributed by atoms with Gasteiger partial charge in [-0.15, -0.1) is 0 Å². The van der Waals surface area contributed by atoms with E-state index >= 15 is 0 Å². The monoisotopic (exact) mass is 221 g/mol. The largest absolute Gasteiger partial charge is 0.310 e. The van der Waals surface area contributed by atoms with Gasteiger partial charge in [0, 0.05) is 6.04 Å². The maximum atomic E-state index is 13.6. The zero-order valence-electron chi connectivity index (χ0n) is 10.1. The van der Waals surface area contributed by atoms with Crippen LogP contribution in [0.3, 0.4) is 0 Å². The second kappa shape index (κ2) is 4.96. The first-order valence-electron chi connectivity index (χ1n) is 6.25. The lowest BCUT2D eigenvalue weighted by molar-refractivity contribution is 0.564. The molecule has 1 fully saturated rings. The van der Waals surface area contributed by atoms with Crippen LogP contribution in [0.25, 0.3) is 0 Å². The lowest BCUT2D eigenvalue weighted by Crippen LogP contribution is -2.19. The second-order valence-corrected chi connectivity index (χ2v) is 4.73. The van der Waals surface area contributed by atoms with E-state index in [-0.39, 0.29) is 5.82 Å². The van der Waals surface area contributed by atoms with Gasteiger partial charge in [0.1, 0.15) is 5.82 Å². The Morgan fingerprint density at radius 3 is 2.81 bits per heavy atom. The third-order valence-electron chi connectivity index (χ3n) is 3.24. The molecular formula is C14H20FN. The third-order valence-corrected chi connectivity index (χ3v) is 3.24. The highest BCUT2D eigenvalue weighted by molar-refractivity contribution is 5.32. The predicted octanol–water partition coefficient (Wildman–Crippen LogP) is 3.76. The van der Waals surface area contributed by atoms with Gasteiger partial charge in [-0.3, -0.25) is 0 Å². The van der Waals surface area contributed by atoms with Gasteiger partial charge in [-0.2, -0.15) is 0 Å². The Labute approximate surface area is 97.1 Å². The molecule has 0 aliphatic heterocycles. The zero-order valence-corrected chi connectivity index (χ0v) is 10.1. The Morgan fingerprint density at radius 1 is 1.44 bits per heavy atom. The topological polar surface area (TPSA) is 12.0 Å². The van der Waals surface area contributed by atoms with Crippen molar-refractivity contribution in [1.82, 2.24) is 5.32 Å². The highest BCUT2D eigenvalue weighted by Gasteiger charge is 2.26. The molecule has 1 nitrogen and oxygen atoms in total. The Bertz CT molecular complexity index is 358. The van der Waals surface area contributed by atoms with E-state index in [9.17, 15) is 4.39 Å². The summed E-state index contributed by atoms with van der Waals surface area (Å²) in [5, 5.41) is 3.43. The number of rotatable bonds is 5. The predicted molar refractivity (Wildman–Crippen MR) is 65.1 cm³/mol. The first kappa shape index (κ1) is 11.6. The molecule has 1 aliphatic rings. The molecule has 2 heteroatoms. The lowest BCUT2D eigenvalue weighted by atomic mass is 10.0. The minimum Gasteiger partial charge on any atom is -0.310 e. The van der Waals surface area contributed by atoms with Crippen molar-refractivity contribution in [3.05, 3.63) is 35.1 Å². The van der Waals surface area contributed by atoms with Crippen molar-refractivity contribution < 1.29 is 4.39 Å². The van der Waals surface area contributed by atoms with Crippen LogP contribution >= 0.6 is 0 Å². The molecule has 1 unspecified atom stereocenters. The molecule has 1 saturated carbocycles. The minimum atomic E-state index is -0.0334. The fraction of sp³-hybridized carbons (Fsp3) is 0.571. The highest BCUT2D eigenvalue weighted by Crippen LogP contribution is 2.41. The number of benzene rings is 1. The average molecular weight is 221 g/mol. The smallest absolute Gasteiger partial charge is 0.126 e. The molecule has 1 N–H and O–H groups in total. The van der Waals surface area contributed by atoms with Gasteiger partial charge >= 0.3 is 0 Å². The summed E-state index contributed by atoms with van der Waals surface area (Å²) in [7, 11) is 0. The Kier molecular flexibility index (Phi) is 3.59. The van der Waals surface area contributed by atoms with Crippen molar-refractivity contribution >= 4 is 0 Å². The van der Waals surface area contributed by atoms with Gasteiger partial charge in [0.15, 0.2) is 0 Å². The van der Waals surface area contributed by atoms with E-state index in [4.69, 9.17) is 0 Å². The quantitative estimate of drug-likeness (QED) is 0.798. The highest BCUT2D eigenvalue weighted by atomic mass is 19.1. The minimum absolute atomic E-state index is 0.0334. The first-order valence-corrected chi connectivity index (χ1v) is 6.25. The molecular weight excluding hydrogens is 201 g/mol. The van der Waals surface area contributed by atoms with E-state index in [0.717, 1.165) is 31.4 Å². The molecule has 0 heterocycles. The molecule has 0 spiro atoms. The zero-order chi connectivity index (χ0) is 11.5. The summed E-state index contributed by atoms with van der Waals surface area (Å²) in [5.74, 6) is 0.451. The molecule has 1 atom stereocenters. The summed E-state index contributed by atoms with van der Waals surface area (Å²) in [6.07, 6.45) is 3.43. The molecule has 1 aliphatic carbocycles. The summed E-state index contributed by atoms with van der Waals surface area (Å²) >= 11 is 0. The van der Waals surface area contributed by atoms with Crippen LogP contribution in [0.4, 0.5) is 4.39 Å². The van der Waals surface area contributed by atoms with Crippen LogP contribution < -0.4 is 5.32 Å². The van der Waals surface area contributed by atoms with Gasteiger partial charge in [-0.25, -0.2) is 4.39 Å². The van der Waals surface area contributed by atoms with Crippen LogP contribution in [0.5, 0.6) is 0 Å². The molecule has 0 radical (unpaired) electrons. The molecule has 1 aromatic carbocycles. The van der Waals surface area contributed by atoms with Crippen LogP contribution in [0.15, 0.2) is 18.2 Å². The van der Waals surface area contributed by atoms with Gasteiger partial charge in [0.2, 0.25) is 0 Å². The second-order valence-electron chi connectivity index (χ2n) is 4.73. The van der Waals surface area contributed by atoms with E-state index in [1.54, 1.807) is 6.07 Å². The summed E-state index contributed by atoms with van der Waals surface area (Å²) in [6, 6.07) is 5.88. The Hall–Kier alpha value is -0.890. The van der Waals surface area contributed by atoms with Gasteiger partial charge in [-0.1, -0.05) is 19.1 Å². The maximum absolute atomic E-state index is 13.6. The van der Waals surface area contributed by atoms with Crippen molar-refractivity contribution in [2.45, 2.75) is 45.1 Å². The van der Waals surface area contributed by atoms with Crippen LogP contribution in [0.2, 0.25) is 0 Å². The standard InChI is InChI=1S/C14H20FN/c1-3-8-16-10(2)12-6-7-14(15)13(9-12)11-4-5-11/h6-7,9-11,16H,3-5,8H2,1-2H3. The molecule has 2 rings (SSSR count). The first-order chi connectivity index (χ1) is 7.72. The van der Waals surface area contributed by atoms with Crippen molar-refractivity contribution in [1.29, 1.82) is 0 Å². The van der Waals surface area contributed by atoms with Crippen molar-refractivity contribution in [3.63, 3.8) is 0 Å². The fourth-order valence-corrected chi connectivity index (χ4v) is 2.02. The van der Waals surface area contributed by atoms with E-state index in [1.165, 1.54) is 5.56 Å². The van der Waals surface area contributed by atoms with E-state index in [0.29, 0.717) is 12.0 Å². The van der Waals surface area contributed by atoms with Crippen molar-refractivity contribution in [3.8, 4) is 0 Å². The van der Waals surface area contributed by atoms with Gasteiger partial charge in [0.05, 0.1) is 0 Å². The number of hydrogen-bond acceptors (Lipinski definition) is 1. The van der Waals surface area contributed by atoms with Crippen LogP contribution in [-0.4, -0.2) is 6.54 Å². The number of halogens is 1. The molecule has 88 valence electrons. The van der Waals surface area contributed by atoms with Gasteiger partial charge in [-0.05, 0) is 55.8 Å². The number of hydrogen-bond donors (Lipinski definition) is 1. The Morgan fingerprint density at radius 2 is 2.19 bits per heavy atom. The summed E-state index contributed by atoms with van der Waals surface area (Å²) in [5.41, 5.74) is 2.12. The van der Waals surface area contributed by atoms with Crippen molar-refractivity contribution in [2.24, 2.45) is 0 Å². The van der Waals surface area contributed by atoms with E-state index in [2.05, 4.69) is 19.2 Å². The SMILES string of the molecule is CCCNC(C)c1ccc(F)c(C2CC2)c1. The Balaban J connectivity index is 2.11. The summed E-state index contributed by atoms with van der Waals surface area (Å²) in [4.78, 5) is 0. The number of nitrogens with one attached hydrogen (secondary N) is 1. The lowest BCUT2D eigenvalue weighted by Gasteiger charge is -2.15. The van der Waals surface area contributed by atoms with Crippen LogP contribution in [-0.2, 0) is 0 Å². The average Bonchev–Trinajstić information content (AvgIpc) is 3.10. The molecule has 0 saturated heterocycles. The molecule has 16 heavy (non-hydrogen) atoms. The van der Waals surface area contributed by atoms with Crippen molar-refractivity contribution in [2.75, 3.05) is 6.54 Å². The molecule has 1 aromatic rings. The van der Waals surface area contributed by atoms with Crippen LogP contribution in [0, 0.1) is 5.82 Å². The van der Waals surface area contributed by atoms with Gasteiger partial charge < -0.3 is 5.32 Å². The van der Waals surface area contributed by atoms with E-state index in [1.807, 2.05) is 12.1 Å². The van der Waals surface area contributed by atoms with E-state index < -0.39 is 0 Å². The summed E-state index contributed by atoms with van der Waals surface area (Å²) in [6.45, 7) is 5.30. The summed E-state index contributed by atoms with van der Waals surface area (Å²) < 4.78 is 13.6. The van der Waals surface area contributed by atoms with Crippen LogP contribution in [0.1, 0.15) is 56.2 Å². The molecule has 0 amide bonds. The van der Waals surface area contributed by atoms with Gasteiger partial charge in [0.25, 0.3) is 0 Å².